The van der Waals surface area contributed by atoms with Gasteiger partial charge in [-0.3, -0.25) is 0 Å². The number of carbonyl (C=O) groups excluding carboxylic acids is 1. The summed E-state index contributed by atoms with van der Waals surface area (Å²) in [7, 11) is 1.71. The van der Waals surface area contributed by atoms with Crippen LogP contribution in [0.2, 0.25) is 0 Å². The van der Waals surface area contributed by atoms with Crippen LogP contribution in [0.4, 0.5) is 26.3 Å². The molecule has 0 saturated carbocycles. The van der Waals surface area contributed by atoms with Gasteiger partial charge < -0.3 is 28.7 Å². The lowest BCUT2D eigenvalue weighted by Gasteiger charge is -2.16. The number of halogens is 7. The molecule has 0 saturated heterocycles. The number of hydrogen-bond donors (Lipinski definition) is 0. The van der Waals surface area contributed by atoms with Gasteiger partial charge >= 0.3 is 18.3 Å². The van der Waals surface area contributed by atoms with Crippen molar-refractivity contribution in [2.24, 2.45) is 7.05 Å². The molecule has 3 nitrogen and oxygen atoms in total. The van der Waals surface area contributed by atoms with Crippen molar-refractivity contribution < 1.29 is 64.4 Å². The second kappa shape index (κ2) is 8.44. The third kappa shape index (κ3) is 6.08. The van der Waals surface area contributed by atoms with Crippen LogP contribution in [0, 0.1) is 0 Å². The lowest BCUT2D eigenvalue weighted by Crippen LogP contribution is -3.00. The minimum atomic E-state index is -5.03. The molecule has 0 amide bonds. The predicted octanol–water partition coefficient (Wildman–Crippen LogP) is 1.47. The van der Waals surface area contributed by atoms with Crippen LogP contribution in [0.25, 0.3) is 0 Å². The Bertz CT molecular complexity index is 788. The van der Waals surface area contributed by atoms with Gasteiger partial charge in [0.25, 0.3) is 0 Å². The summed E-state index contributed by atoms with van der Waals surface area (Å²) in [6.07, 6.45) is -7.60. The number of rotatable bonds is 3. The summed E-state index contributed by atoms with van der Waals surface area (Å²) in [6.45, 7) is 1.46. The highest BCUT2D eigenvalue weighted by Gasteiger charge is 2.37. The largest absolute Gasteiger partial charge is 1.00 e. The molecule has 148 valence electrons. The van der Waals surface area contributed by atoms with Crippen LogP contribution in [-0.2, 0) is 24.1 Å². The van der Waals surface area contributed by atoms with E-state index in [1.54, 1.807) is 36.1 Å². The molecule has 10 heteroatoms. The zero-order chi connectivity index (χ0) is 19.7. The third-order valence-corrected chi connectivity index (χ3v) is 3.54. The highest BCUT2D eigenvalue weighted by Crippen LogP contribution is 2.36. The summed E-state index contributed by atoms with van der Waals surface area (Å²) in [5.74, 6) is -1.28. The average molecular weight is 505 g/mol. The molecule has 2 rings (SSSR count). The standard InChI is InChI=1S/C17H14F6NO2.HI/c1-10(11-4-3-5-24(2)9-11)26-15(25)12-6-13(16(18,19)20)8-14(7-12)17(21,22)23;/h3-10H,1-2H3;1H/q+1;/p-1. The fraction of sp³-hybridized carbons (Fsp3) is 0.294. The maximum Gasteiger partial charge on any atom is 0.416 e. The van der Waals surface area contributed by atoms with Gasteiger partial charge in [0, 0.05) is 6.07 Å². The zero-order valence-corrected chi connectivity index (χ0v) is 16.2. The van der Waals surface area contributed by atoms with E-state index in [1.807, 2.05) is 0 Å². The molecule has 0 aliphatic carbocycles. The maximum atomic E-state index is 12.8. The van der Waals surface area contributed by atoms with Gasteiger partial charge in [0.1, 0.15) is 13.2 Å². The molecule has 2 aromatic rings. The van der Waals surface area contributed by atoms with Crippen LogP contribution in [0.5, 0.6) is 0 Å². The fourth-order valence-electron chi connectivity index (χ4n) is 2.22. The van der Waals surface area contributed by atoms with Crippen molar-refractivity contribution in [1.29, 1.82) is 0 Å². The third-order valence-electron chi connectivity index (χ3n) is 3.54. The van der Waals surface area contributed by atoms with Crippen molar-refractivity contribution >= 4 is 5.97 Å². The van der Waals surface area contributed by atoms with E-state index in [9.17, 15) is 31.1 Å². The number of aryl methyl sites for hydroxylation is 1. The molecule has 1 atom stereocenters. The van der Waals surface area contributed by atoms with Crippen molar-refractivity contribution in [3.05, 3.63) is 65.0 Å². The van der Waals surface area contributed by atoms with Crippen LogP contribution in [0.3, 0.4) is 0 Å². The Morgan fingerprint density at radius 3 is 2.00 bits per heavy atom. The first kappa shape index (κ1) is 23.2. The van der Waals surface area contributed by atoms with Gasteiger partial charge in [0.2, 0.25) is 0 Å². The number of aromatic nitrogens is 1. The predicted molar refractivity (Wildman–Crippen MR) is 77.9 cm³/mol. The van der Waals surface area contributed by atoms with Crippen LogP contribution < -0.4 is 28.5 Å². The van der Waals surface area contributed by atoms with E-state index in [-0.39, 0.29) is 30.0 Å². The summed E-state index contributed by atoms with van der Waals surface area (Å²) in [4.78, 5) is 12.1. The van der Waals surface area contributed by atoms with Crippen LogP contribution >= 0.6 is 0 Å². The second-order valence-electron chi connectivity index (χ2n) is 5.64. The molecule has 0 aliphatic heterocycles. The van der Waals surface area contributed by atoms with Crippen molar-refractivity contribution in [2.75, 3.05) is 0 Å². The van der Waals surface area contributed by atoms with Crippen LogP contribution in [0.1, 0.15) is 40.1 Å². The summed E-state index contributed by atoms with van der Waals surface area (Å²) in [5, 5.41) is 0. The molecule has 1 aromatic carbocycles. The smallest absolute Gasteiger partial charge is 0.416 e. The summed E-state index contributed by atoms with van der Waals surface area (Å²) in [5.41, 5.74) is -3.43. The first-order chi connectivity index (χ1) is 11.9. The van der Waals surface area contributed by atoms with E-state index in [4.69, 9.17) is 4.74 Å². The first-order valence-electron chi connectivity index (χ1n) is 7.33. The minimum absolute atomic E-state index is 0. The van der Waals surface area contributed by atoms with Crippen LogP contribution in [0.15, 0.2) is 42.7 Å². The van der Waals surface area contributed by atoms with Crippen molar-refractivity contribution in [3.8, 4) is 0 Å². The Hall–Kier alpha value is -1.85. The number of esters is 1. The fourth-order valence-corrected chi connectivity index (χ4v) is 2.22. The Morgan fingerprint density at radius 1 is 1.04 bits per heavy atom. The summed E-state index contributed by atoms with van der Waals surface area (Å²) >= 11 is 0. The Labute approximate surface area is 168 Å². The number of ether oxygens (including phenoxy) is 1. The molecular formula is C17H14F6INO2. The summed E-state index contributed by atoms with van der Waals surface area (Å²) in [6, 6.07) is 3.92. The van der Waals surface area contributed by atoms with Gasteiger partial charge in [0.05, 0.1) is 22.3 Å². The molecule has 1 unspecified atom stereocenters. The Morgan fingerprint density at radius 2 is 1.56 bits per heavy atom. The van der Waals surface area contributed by atoms with Crippen molar-refractivity contribution in [2.45, 2.75) is 25.4 Å². The molecule has 0 N–H and O–H groups in total. The molecule has 27 heavy (non-hydrogen) atoms. The van der Waals surface area contributed by atoms with Gasteiger partial charge in [-0.05, 0) is 31.2 Å². The monoisotopic (exact) mass is 505 g/mol. The molecule has 1 heterocycles. The van der Waals surface area contributed by atoms with E-state index in [2.05, 4.69) is 0 Å². The number of nitrogens with zero attached hydrogens (tertiary/aromatic N) is 1. The molecule has 0 radical (unpaired) electrons. The quantitative estimate of drug-likeness (QED) is 0.274. The molecule has 0 bridgehead atoms. The van der Waals surface area contributed by atoms with E-state index >= 15 is 0 Å². The van der Waals surface area contributed by atoms with Gasteiger partial charge in [-0.25, -0.2) is 9.36 Å². The van der Waals surface area contributed by atoms with Crippen molar-refractivity contribution in [1.82, 2.24) is 0 Å². The normalized spacial score (nSPS) is 12.9. The number of carbonyl (C=O) groups is 1. The van der Waals surface area contributed by atoms with E-state index in [0.29, 0.717) is 17.7 Å². The van der Waals surface area contributed by atoms with E-state index in [1.165, 1.54) is 6.92 Å². The van der Waals surface area contributed by atoms with Gasteiger partial charge in [-0.15, -0.1) is 0 Å². The maximum absolute atomic E-state index is 12.8. The first-order valence-corrected chi connectivity index (χ1v) is 7.33. The van der Waals surface area contributed by atoms with Crippen molar-refractivity contribution in [3.63, 3.8) is 0 Å². The number of hydrogen-bond acceptors (Lipinski definition) is 2. The van der Waals surface area contributed by atoms with Crippen LogP contribution in [-0.4, -0.2) is 5.97 Å². The number of alkyl halides is 6. The number of benzene rings is 1. The SMILES string of the molecule is CC(OC(=O)c1cc(C(F)(F)F)cc(C(F)(F)F)c1)c1ccc[n+](C)c1.[I-]. The number of pyridine rings is 1. The Balaban J connectivity index is 0.00000364. The van der Waals surface area contributed by atoms with Gasteiger partial charge in [0.15, 0.2) is 12.4 Å². The summed E-state index contributed by atoms with van der Waals surface area (Å²) < 4.78 is 83.8. The highest BCUT2D eigenvalue weighted by molar-refractivity contribution is 5.90. The van der Waals surface area contributed by atoms with Gasteiger partial charge in [-0.1, -0.05) is 0 Å². The Kier molecular flexibility index (Phi) is 7.25. The second-order valence-corrected chi connectivity index (χ2v) is 5.64. The highest BCUT2D eigenvalue weighted by atomic mass is 127. The zero-order valence-electron chi connectivity index (χ0n) is 14.0. The average Bonchev–Trinajstić information content (AvgIpc) is 2.52. The minimum Gasteiger partial charge on any atom is -1.00 e. The van der Waals surface area contributed by atoms with Gasteiger partial charge in [-0.2, -0.15) is 26.3 Å². The lowest BCUT2D eigenvalue weighted by atomic mass is 10.0. The van der Waals surface area contributed by atoms with E-state index < -0.39 is 41.1 Å². The topological polar surface area (TPSA) is 30.2 Å². The molecular weight excluding hydrogens is 491 g/mol. The molecule has 1 aromatic heterocycles. The molecule has 0 fully saturated rings. The molecule has 0 spiro atoms. The molecule has 0 aliphatic rings. The van der Waals surface area contributed by atoms with E-state index in [0.717, 1.165) is 0 Å². The lowest BCUT2D eigenvalue weighted by molar-refractivity contribution is -0.672.